The van der Waals surface area contributed by atoms with Crippen molar-refractivity contribution in [2.24, 2.45) is 0 Å². The second-order valence-electron chi connectivity index (χ2n) is 4.19. The molecule has 0 aliphatic carbocycles. The largest absolute Gasteiger partial charge is 0.394 e. The summed E-state index contributed by atoms with van der Waals surface area (Å²) in [5, 5.41) is 27.0. The molecule has 92 valence electrons. The average molecular weight is 236 g/mol. The maximum Gasteiger partial charge on any atom is 0.268 e. The van der Waals surface area contributed by atoms with Crippen molar-refractivity contribution in [2.45, 2.75) is 32.4 Å². The van der Waals surface area contributed by atoms with Crippen molar-refractivity contribution < 1.29 is 10.2 Å². The smallest absolute Gasteiger partial charge is 0.268 e. The first kappa shape index (κ1) is 13.4. The third-order valence-electron chi connectivity index (χ3n) is 2.52. The molecule has 5 nitrogen and oxygen atoms in total. The van der Waals surface area contributed by atoms with Crippen LogP contribution in [0.1, 0.15) is 31.0 Å². The predicted octanol–water partition coefficient (Wildman–Crippen LogP) is 0.197. The topological polar surface area (TPSA) is 86.2 Å². The summed E-state index contributed by atoms with van der Waals surface area (Å²) in [6.45, 7) is 3.42. The normalized spacial score (nSPS) is 12.5. The summed E-state index contributed by atoms with van der Waals surface area (Å²) in [6, 6.07) is 5.00. The number of pyridine rings is 1. The Morgan fingerprint density at radius 3 is 2.59 bits per heavy atom. The van der Waals surface area contributed by atoms with E-state index in [2.05, 4.69) is 0 Å². The highest BCUT2D eigenvalue weighted by Crippen LogP contribution is 2.13. The van der Waals surface area contributed by atoms with Gasteiger partial charge in [0.25, 0.3) is 5.56 Å². The first-order valence-corrected chi connectivity index (χ1v) is 5.44. The third-order valence-corrected chi connectivity index (χ3v) is 2.52. The fourth-order valence-corrected chi connectivity index (χ4v) is 1.64. The first-order valence-electron chi connectivity index (χ1n) is 5.44. The van der Waals surface area contributed by atoms with Gasteiger partial charge in [-0.1, -0.05) is 13.8 Å². The van der Waals surface area contributed by atoms with E-state index in [1.54, 1.807) is 6.07 Å². The van der Waals surface area contributed by atoms with E-state index in [-0.39, 0.29) is 18.0 Å². The van der Waals surface area contributed by atoms with Crippen LogP contribution in [0.25, 0.3) is 0 Å². The van der Waals surface area contributed by atoms with Gasteiger partial charge in [-0.2, -0.15) is 5.26 Å². The van der Waals surface area contributed by atoms with E-state index in [0.29, 0.717) is 0 Å². The zero-order valence-corrected chi connectivity index (χ0v) is 9.92. The van der Waals surface area contributed by atoms with Gasteiger partial charge in [-0.25, -0.2) is 0 Å². The van der Waals surface area contributed by atoms with Crippen LogP contribution in [-0.4, -0.2) is 27.5 Å². The molecule has 1 aromatic rings. The van der Waals surface area contributed by atoms with Crippen molar-refractivity contribution in [3.8, 4) is 6.07 Å². The van der Waals surface area contributed by atoms with E-state index < -0.39 is 18.3 Å². The van der Waals surface area contributed by atoms with Crippen LogP contribution >= 0.6 is 0 Å². The van der Waals surface area contributed by atoms with Gasteiger partial charge >= 0.3 is 0 Å². The zero-order valence-electron chi connectivity index (χ0n) is 9.92. The molecule has 2 N–H and O–H groups in total. The highest BCUT2D eigenvalue weighted by Gasteiger charge is 2.14. The van der Waals surface area contributed by atoms with Gasteiger partial charge in [-0.05, 0) is 18.1 Å². The molecule has 1 atom stereocenters. The Balaban J connectivity index is 3.31. The Morgan fingerprint density at radius 1 is 1.47 bits per heavy atom. The molecule has 0 saturated heterocycles. The average Bonchev–Trinajstić information content (AvgIpc) is 2.30. The Hall–Kier alpha value is -1.64. The highest BCUT2D eigenvalue weighted by molar-refractivity contribution is 5.28. The lowest BCUT2D eigenvalue weighted by Crippen LogP contribution is -2.32. The van der Waals surface area contributed by atoms with Crippen LogP contribution < -0.4 is 5.56 Å². The van der Waals surface area contributed by atoms with Crippen LogP contribution in [0.4, 0.5) is 0 Å². The predicted molar refractivity (Wildman–Crippen MR) is 62.6 cm³/mol. The van der Waals surface area contributed by atoms with Crippen molar-refractivity contribution >= 4 is 0 Å². The lowest BCUT2D eigenvalue weighted by Gasteiger charge is -2.17. The van der Waals surface area contributed by atoms with Crippen molar-refractivity contribution in [2.75, 3.05) is 6.61 Å². The molecular formula is C12H16N2O3. The Labute approximate surface area is 99.6 Å². The monoisotopic (exact) mass is 236 g/mol. The van der Waals surface area contributed by atoms with Gasteiger partial charge in [-0.15, -0.1) is 0 Å². The van der Waals surface area contributed by atoms with Crippen LogP contribution in [0.2, 0.25) is 0 Å². The Bertz CT molecular complexity index is 486. The molecular weight excluding hydrogens is 220 g/mol. The molecule has 5 heteroatoms. The number of hydrogen-bond acceptors (Lipinski definition) is 4. The van der Waals surface area contributed by atoms with Crippen molar-refractivity contribution in [1.82, 2.24) is 4.57 Å². The molecule has 1 unspecified atom stereocenters. The number of aromatic nitrogens is 1. The third kappa shape index (κ3) is 2.93. The summed E-state index contributed by atoms with van der Waals surface area (Å²) in [6.07, 6.45) is -1.00. The molecule has 0 radical (unpaired) electrons. The van der Waals surface area contributed by atoms with Crippen molar-refractivity contribution in [3.05, 3.63) is 33.7 Å². The van der Waals surface area contributed by atoms with E-state index in [1.165, 1.54) is 10.6 Å². The molecule has 1 rings (SSSR count). The highest BCUT2D eigenvalue weighted by atomic mass is 16.3. The Kier molecular flexibility index (Phi) is 4.44. The van der Waals surface area contributed by atoms with Crippen LogP contribution in [0, 0.1) is 11.3 Å². The number of aliphatic hydroxyl groups is 2. The molecule has 1 heterocycles. The number of hydrogen-bond donors (Lipinski definition) is 2. The first-order chi connectivity index (χ1) is 8.01. The quantitative estimate of drug-likeness (QED) is 0.781. The number of nitriles is 1. The molecule has 0 aliphatic rings. The van der Waals surface area contributed by atoms with E-state index in [1.807, 2.05) is 19.9 Å². The summed E-state index contributed by atoms with van der Waals surface area (Å²) in [4.78, 5) is 11.9. The fraction of sp³-hybridized carbons (Fsp3) is 0.500. The van der Waals surface area contributed by atoms with Crippen LogP contribution in [0.3, 0.4) is 0 Å². The zero-order chi connectivity index (χ0) is 13.0. The fourth-order valence-electron chi connectivity index (χ4n) is 1.64. The van der Waals surface area contributed by atoms with Crippen LogP contribution in [0.5, 0.6) is 0 Å². The number of aliphatic hydroxyl groups excluding tert-OH is 2. The van der Waals surface area contributed by atoms with E-state index in [9.17, 15) is 9.90 Å². The molecule has 0 fully saturated rings. The summed E-state index contributed by atoms with van der Waals surface area (Å²) >= 11 is 0. The van der Waals surface area contributed by atoms with E-state index in [4.69, 9.17) is 10.4 Å². The summed E-state index contributed by atoms with van der Waals surface area (Å²) in [7, 11) is 0. The minimum Gasteiger partial charge on any atom is -0.394 e. The lowest BCUT2D eigenvalue weighted by molar-refractivity contribution is 0.0795. The molecule has 0 aromatic carbocycles. The molecule has 0 bridgehead atoms. The molecule has 0 amide bonds. The van der Waals surface area contributed by atoms with Gasteiger partial charge in [0.1, 0.15) is 11.6 Å². The maximum absolute atomic E-state index is 11.9. The van der Waals surface area contributed by atoms with Gasteiger partial charge in [0, 0.05) is 5.69 Å². The number of nitrogens with zero attached hydrogens (tertiary/aromatic N) is 2. The van der Waals surface area contributed by atoms with Gasteiger partial charge < -0.3 is 14.8 Å². The summed E-state index contributed by atoms with van der Waals surface area (Å²) in [5.74, 6) is 0.0985. The minimum absolute atomic E-state index is 0.00162. The molecule has 0 aliphatic heterocycles. The molecule has 1 aromatic heterocycles. The van der Waals surface area contributed by atoms with Crippen LogP contribution in [0.15, 0.2) is 16.9 Å². The van der Waals surface area contributed by atoms with Crippen LogP contribution in [-0.2, 0) is 6.54 Å². The summed E-state index contributed by atoms with van der Waals surface area (Å²) in [5.41, 5.74) is 0.354. The van der Waals surface area contributed by atoms with Gasteiger partial charge in [0.05, 0.1) is 19.3 Å². The molecule has 17 heavy (non-hydrogen) atoms. The van der Waals surface area contributed by atoms with Crippen molar-refractivity contribution in [1.29, 1.82) is 5.26 Å². The standard InChI is InChI=1S/C12H16N2O3/c1-8(2)11-4-3-9(5-13)12(17)14(11)6-10(16)7-15/h3-4,8,10,15-16H,6-7H2,1-2H3. The van der Waals surface area contributed by atoms with E-state index in [0.717, 1.165) is 5.69 Å². The minimum atomic E-state index is -1.00. The van der Waals surface area contributed by atoms with Gasteiger partial charge in [-0.3, -0.25) is 4.79 Å². The SMILES string of the molecule is CC(C)c1ccc(C#N)c(=O)n1CC(O)CO. The molecule has 0 spiro atoms. The van der Waals surface area contributed by atoms with E-state index >= 15 is 0 Å². The second-order valence-corrected chi connectivity index (χ2v) is 4.19. The Morgan fingerprint density at radius 2 is 2.12 bits per heavy atom. The lowest BCUT2D eigenvalue weighted by atomic mass is 10.1. The molecule has 0 saturated carbocycles. The summed E-state index contributed by atoms with van der Waals surface area (Å²) < 4.78 is 1.35. The number of rotatable bonds is 4. The van der Waals surface area contributed by atoms with Crippen molar-refractivity contribution in [3.63, 3.8) is 0 Å². The van der Waals surface area contributed by atoms with Gasteiger partial charge in [0.2, 0.25) is 0 Å². The second kappa shape index (κ2) is 5.62. The van der Waals surface area contributed by atoms with Gasteiger partial charge in [0.15, 0.2) is 0 Å². The maximum atomic E-state index is 11.9.